The van der Waals surface area contributed by atoms with Crippen LogP contribution in [0.4, 0.5) is 17.1 Å². The van der Waals surface area contributed by atoms with E-state index in [9.17, 15) is 0 Å². The number of benzene rings is 7. The Labute approximate surface area is 255 Å². The first-order valence-corrected chi connectivity index (χ1v) is 15.6. The summed E-state index contributed by atoms with van der Waals surface area (Å²) in [5.74, 6) is 0. The normalized spacial score (nSPS) is 12.1. The molecular weight excluding hydrogens is 559 g/mol. The lowest BCUT2D eigenvalue weighted by Crippen LogP contribution is -2.09. The van der Waals surface area contributed by atoms with Crippen LogP contribution in [0.15, 0.2) is 148 Å². The fourth-order valence-electron chi connectivity index (χ4n) is 6.82. The highest BCUT2D eigenvalue weighted by atomic mass is 32.1. The Kier molecular flexibility index (Phi) is 4.87. The van der Waals surface area contributed by atoms with Gasteiger partial charge >= 0.3 is 0 Å². The van der Waals surface area contributed by atoms with Crippen LogP contribution in [0.3, 0.4) is 0 Å². The summed E-state index contributed by atoms with van der Waals surface area (Å²) in [5, 5.41) is 9.33. The molecular formula is C40H23NO2S. The minimum absolute atomic E-state index is 0.892. The third-order valence-corrected chi connectivity index (χ3v) is 10.0. The quantitative estimate of drug-likeness (QED) is 0.208. The molecule has 4 heteroatoms. The fourth-order valence-corrected chi connectivity index (χ4v) is 8.02. The molecule has 10 rings (SSSR count). The van der Waals surface area contributed by atoms with E-state index in [2.05, 4.69) is 132 Å². The van der Waals surface area contributed by atoms with E-state index >= 15 is 0 Å². The maximum atomic E-state index is 6.67. The number of rotatable bonds is 3. The second kappa shape index (κ2) is 8.96. The Morgan fingerprint density at radius 1 is 0.455 bits per heavy atom. The highest BCUT2D eigenvalue weighted by Gasteiger charge is 2.21. The molecule has 3 heterocycles. The minimum atomic E-state index is 0.892. The number of hydrogen-bond acceptors (Lipinski definition) is 4. The summed E-state index contributed by atoms with van der Waals surface area (Å²) in [5.41, 5.74) is 6.99. The zero-order valence-corrected chi connectivity index (χ0v) is 24.3. The van der Waals surface area contributed by atoms with Crippen LogP contribution in [-0.2, 0) is 0 Å². The van der Waals surface area contributed by atoms with Gasteiger partial charge in [-0.3, -0.25) is 0 Å². The SMILES string of the molecule is c1ccc(N(c2ccc3oc4ccccc4c3c2)c2cccc3c2sc2ccc4c5cc6ccccc6cc5oc4c23)cc1. The van der Waals surface area contributed by atoms with Crippen LogP contribution >= 0.6 is 11.3 Å². The van der Waals surface area contributed by atoms with Crippen molar-refractivity contribution in [2.24, 2.45) is 0 Å². The number of hydrogen-bond donors (Lipinski definition) is 0. The van der Waals surface area contributed by atoms with Crippen molar-refractivity contribution in [1.29, 1.82) is 0 Å². The van der Waals surface area contributed by atoms with E-state index < -0.39 is 0 Å². The highest BCUT2D eigenvalue weighted by Crippen LogP contribution is 2.48. The molecule has 206 valence electrons. The van der Waals surface area contributed by atoms with Gasteiger partial charge in [0.05, 0.1) is 10.4 Å². The third-order valence-electron chi connectivity index (χ3n) is 8.82. The predicted molar refractivity (Wildman–Crippen MR) is 186 cm³/mol. The van der Waals surface area contributed by atoms with E-state index in [0.717, 1.165) is 60.9 Å². The average molecular weight is 582 g/mol. The van der Waals surface area contributed by atoms with Crippen molar-refractivity contribution in [3.63, 3.8) is 0 Å². The van der Waals surface area contributed by atoms with E-state index in [1.165, 1.54) is 30.9 Å². The van der Waals surface area contributed by atoms with Crippen LogP contribution in [0.1, 0.15) is 0 Å². The molecule has 0 amide bonds. The van der Waals surface area contributed by atoms with Crippen molar-refractivity contribution < 1.29 is 8.83 Å². The van der Waals surface area contributed by atoms with Gasteiger partial charge < -0.3 is 13.7 Å². The first-order chi connectivity index (χ1) is 21.8. The molecule has 0 aliphatic rings. The zero-order valence-electron chi connectivity index (χ0n) is 23.5. The first kappa shape index (κ1) is 23.9. The molecule has 0 spiro atoms. The van der Waals surface area contributed by atoms with Crippen molar-refractivity contribution in [3.05, 3.63) is 140 Å². The van der Waals surface area contributed by atoms with Crippen LogP contribution in [0.25, 0.3) is 74.8 Å². The summed E-state index contributed by atoms with van der Waals surface area (Å²) in [4.78, 5) is 2.36. The van der Waals surface area contributed by atoms with Gasteiger partial charge in [0.25, 0.3) is 0 Å². The Hall–Kier alpha value is -5.58. The average Bonchev–Trinajstić information content (AvgIpc) is 3.75. The summed E-state index contributed by atoms with van der Waals surface area (Å²) >= 11 is 1.82. The Morgan fingerprint density at radius 2 is 1.20 bits per heavy atom. The van der Waals surface area contributed by atoms with E-state index in [0.29, 0.717) is 0 Å². The van der Waals surface area contributed by atoms with Gasteiger partial charge in [0.2, 0.25) is 0 Å². The van der Waals surface area contributed by atoms with Crippen LogP contribution < -0.4 is 4.90 Å². The van der Waals surface area contributed by atoms with E-state index in [-0.39, 0.29) is 0 Å². The van der Waals surface area contributed by atoms with Crippen molar-refractivity contribution in [3.8, 4) is 0 Å². The third kappa shape index (κ3) is 3.37. The Balaban J connectivity index is 1.25. The van der Waals surface area contributed by atoms with E-state index in [1.54, 1.807) is 0 Å². The molecule has 0 saturated carbocycles. The van der Waals surface area contributed by atoms with Crippen molar-refractivity contribution >= 4 is 103 Å². The summed E-state index contributed by atoms with van der Waals surface area (Å²) in [6.07, 6.45) is 0. The molecule has 0 fully saturated rings. The molecule has 0 N–H and O–H groups in total. The maximum Gasteiger partial charge on any atom is 0.144 e. The molecule has 0 unspecified atom stereocenters. The minimum Gasteiger partial charge on any atom is -0.456 e. The number of fused-ring (bicyclic) bond motifs is 11. The smallest absolute Gasteiger partial charge is 0.144 e. The van der Waals surface area contributed by atoms with Crippen molar-refractivity contribution in [1.82, 2.24) is 0 Å². The maximum absolute atomic E-state index is 6.67. The first-order valence-electron chi connectivity index (χ1n) is 14.8. The summed E-state index contributed by atoms with van der Waals surface area (Å²) in [6, 6.07) is 49.4. The number of anilines is 3. The summed E-state index contributed by atoms with van der Waals surface area (Å²) < 4.78 is 15.3. The number of para-hydroxylation sites is 2. The monoisotopic (exact) mass is 581 g/mol. The topological polar surface area (TPSA) is 29.5 Å². The van der Waals surface area contributed by atoms with Gasteiger partial charge in [-0.25, -0.2) is 0 Å². The fraction of sp³-hybridized carbons (Fsp3) is 0. The van der Waals surface area contributed by atoms with Crippen LogP contribution in [0.5, 0.6) is 0 Å². The molecule has 3 nitrogen and oxygen atoms in total. The highest BCUT2D eigenvalue weighted by molar-refractivity contribution is 7.26. The molecule has 3 aromatic heterocycles. The molecule has 0 aliphatic heterocycles. The molecule has 0 atom stereocenters. The number of furan rings is 2. The summed E-state index contributed by atoms with van der Waals surface area (Å²) in [6.45, 7) is 0. The molecule has 44 heavy (non-hydrogen) atoms. The molecule has 10 aromatic rings. The molecule has 7 aromatic carbocycles. The van der Waals surface area contributed by atoms with Gasteiger partial charge in [0, 0.05) is 48.4 Å². The number of thiophene rings is 1. The Morgan fingerprint density at radius 3 is 2.11 bits per heavy atom. The van der Waals surface area contributed by atoms with Gasteiger partial charge in [0.1, 0.15) is 22.3 Å². The van der Waals surface area contributed by atoms with Crippen LogP contribution in [-0.4, -0.2) is 0 Å². The second-order valence-corrected chi connectivity index (χ2v) is 12.4. The standard InChI is InChI=1S/C40H23NO2S/c1-2-11-26(12-3-1)41(27-17-19-35-32(23-27)28-13-6-7-16-34(28)42-35)33-15-8-14-30-38-37(44-40(30)33)20-18-29-31-21-24-9-4-5-10-25(24)22-36(31)43-39(29)38/h1-23H. The lowest BCUT2D eigenvalue weighted by atomic mass is 10.0. The van der Waals surface area contributed by atoms with E-state index in [4.69, 9.17) is 8.83 Å². The lowest BCUT2D eigenvalue weighted by Gasteiger charge is -2.26. The van der Waals surface area contributed by atoms with Gasteiger partial charge in [-0.15, -0.1) is 11.3 Å². The molecule has 0 radical (unpaired) electrons. The van der Waals surface area contributed by atoms with Gasteiger partial charge in [0.15, 0.2) is 0 Å². The second-order valence-electron chi connectivity index (χ2n) is 11.3. The number of nitrogens with zero attached hydrogens (tertiary/aromatic N) is 1. The molecule has 0 bridgehead atoms. The van der Waals surface area contributed by atoms with Gasteiger partial charge in [-0.2, -0.15) is 0 Å². The van der Waals surface area contributed by atoms with Crippen LogP contribution in [0, 0.1) is 0 Å². The summed E-state index contributed by atoms with van der Waals surface area (Å²) in [7, 11) is 0. The molecule has 0 aliphatic carbocycles. The predicted octanol–water partition coefficient (Wildman–Crippen LogP) is 12.5. The van der Waals surface area contributed by atoms with Gasteiger partial charge in [-0.05, 0) is 77.5 Å². The van der Waals surface area contributed by atoms with Crippen LogP contribution in [0.2, 0.25) is 0 Å². The van der Waals surface area contributed by atoms with Crippen molar-refractivity contribution in [2.75, 3.05) is 4.90 Å². The largest absolute Gasteiger partial charge is 0.456 e. The van der Waals surface area contributed by atoms with E-state index in [1.807, 2.05) is 23.5 Å². The van der Waals surface area contributed by atoms with Gasteiger partial charge in [-0.1, -0.05) is 72.8 Å². The van der Waals surface area contributed by atoms with Crippen molar-refractivity contribution in [2.45, 2.75) is 0 Å². The lowest BCUT2D eigenvalue weighted by molar-refractivity contribution is 0.669. The molecule has 0 saturated heterocycles. The zero-order chi connectivity index (χ0) is 28.8. The Bertz CT molecular complexity index is 2730.